The first-order valence-electron chi connectivity index (χ1n) is 2.54. The molecule has 60 valence electrons. The van der Waals surface area contributed by atoms with Gasteiger partial charge in [-0.1, -0.05) is 23.2 Å². The third kappa shape index (κ3) is 1.90. The van der Waals surface area contributed by atoms with Crippen molar-refractivity contribution in [3.8, 4) is 0 Å². The third-order valence-electron chi connectivity index (χ3n) is 0.988. The summed E-state index contributed by atoms with van der Waals surface area (Å²) in [4.78, 5) is 3.54. The van der Waals surface area contributed by atoms with Crippen molar-refractivity contribution in [3.63, 3.8) is 0 Å². The quantitative estimate of drug-likeness (QED) is 0.571. The summed E-state index contributed by atoms with van der Waals surface area (Å²) in [5, 5.41) is 0.101. The summed E-state index contributed by atoms with van der Waals surface area (Å²) in [6, 6.07) is 1.40. The SMILES string of the molecule is O=S(O)c1c(Cl)ccnc1Cl. The van der Waals surface area contributed by atoms with Gasteiger partial charge in [-0.3, -0.25) is 0 Å². The summed E-state index contributed by atoms with van der Waals surface area (Å²) < 4.78 is 19.2. The lowest BCUT2D eigenvalue weighted by Gasteiger charge is -1.98. The van der Waals surface area contributed by atoms with Crippen LogP contribution in [0.1, 0.15) is 0 Å². The first kappa shape index (κ1) is 8.93. The topological polar surface area (TPSA) is 50.2 Å². The molecule has 1 rings (SSSR count). The fraction of sp³-hybridized carbons (Fsp3) is 0. The van der Waals surface area contributed by atoms with Crippen molar-refractivity contribution in [2.75, 3.05) is 0 Å². The molecule has 1 aromatic rings. The molecule has 1 heterocycles. The van der Waals surface area contributed by atoms with Gasteiger partial charge in [-0.25, -0.2) is 9.19 Å². The van der Waals surface area contributed by atoms with E-state index in [9.17, 15) is 4.21 Å². The minimum Gasteiger partial charge on any atom is -0.302 e. The van der Waals surface area contributed by atoms with E-state index >= 15 is 0 Å². The normalized spacial score (nSPS) is 13.0. The number of nitrogens with zero attached hydrogens (tertiary/aromatic N) is 1. The molecule has 6 heteroatoms. The smallest absolute Gasteiger partial charge is 0.191 e. The molecular formula is C5H3Cl2NO2S. The van der Waals surface area contributed by atoms with E-state index in [-0.39, 0.29) is 15.1 Å². The molecule has 0 saturated heterocycles. The average Bonchev–Trinajstić information content (AvgIpc) is 1.85. The van der Waals surface area contributed by atoms with E-state index in [4.69, 9.17) is 27.8 Å². The number of halogens is 2. The minimum absolute atomic E-state index is 0.0432. The molecule has 11 heavy (non-hydrogen) atoms. The molecule has 0 bridgehead atoms. The molecule has 1 atom stereocenters. The van der Waals surface area contributed by atoms with Gasteiger partial charge in [0.2, 0.25) is 0 Å². The molecule has 0 spiro atoms. The maximum atomic E-state index is 10.5. The molecule has 0 fully saturated rings. The monoisotopic (exact) mass is 211 g/mol. The summed E-state index contributed by atoms with van der Waals surface area (Å²) in [7, 11) is 0. The van der Waals surface area contributed by atoms with Crippen LogP contribution in [0.25, 0.3) is 0 Å². The Balaban J connectivity index is 3.32. The van der Waals surface area contributed by atoms with E-state index in [0.29, 0.717) is 0 Å². The van der Waals surface area contributed by atoms with Crippen LogP contribution in [0.2, 0.25) is 10.2 Å². The second kappa shape index (κ2) is 3.49. The van der Waals surface area contributed by atoms with Crippen molar-refractivity contribution in [3.05, 3.63) is 22.4 Å². The van der Waals surface area contributed by atoms with E-state index < -0.39 is 11.1 Å². The van der Waals surface area contributed by atoms with Crippen LogP contribution < -0.4 is 0 Å². The molecular weight excluding hydrogens is 209 g/mol. The highest BCUT2D eigenvalue weighted by Crippen LogP contribution is 2.24. The lowest BCUT2D eigenvalue weighted by Crippen LogP contribution is -1.92. The van der Waals surface area contributed by atoms with Crippen molar-refractivity contribution in [2.45, 2.75) is 4.90 Å². The number of pyridine rings is 1. The van der Waals surface area contributed by atoms with Crippen LogP contribution in [0.4, 0.5) is 0 Å². The van der Waals surface area contributed by atoms with Crippen LogP contribution in [0.5, 0.6) is 0 Å². The molecule has 1 N–H and O–H groups in total. The van der Waals surface area contributed by atoms with Crippen LogP contribution >= 0.6 is 23.2 Å². The summed E-state index contributed by atoms with van der Waals surface area (Å²) in [6.07, 6.45) is 1.36. The Morgan fingerprint density at radius 1 is 1.55 bits per heavy atom. The fourth-order valence-electron chi connectivity index (χ4n) is 0.556. The standard InChI is InChI=1S/C5H3Cl2NO2S/c6-3-1-2-8-5(7)4(3)11(9)10/h1-2H,(H,9,10). The predicted molar refractivity (Wildman–Crippen MR) is 43.3 cm³/mol. The molecule has 0 amide bonds. The number of aromatic nitrogens is 1. The zero-order valence-corrected chi connectivity index (χ0v) is 7.45. The molecule has 0 aromatic carbocycles. The Morgan fingerprint density at radius 2 is 2.18 bits per heavy atom. The van der Waals surface area contributed by atoms with Gasteiger partial charge in [-0.05, 0) is 6.07 Å². The van der Waals surface area contributed by atoms with Gasteiger partial charge in [-0.2, -0.15) is 0 Å². The van der Waals surface area contributed by atoms with Gasteiger partial charge in [0, 0.05) is 6.20 Å². The molecule has 0 saturated carbocycles. The molecule has 0 aliphatic heterocycles. The van der Waals surface area contributed by atoms with Gasteiger partial charge >= 0.3 is 0 Å². The average molecular weight is 212 g/mol. The van der Waals surface area contributed by atoms with Crippen molar-refractivity contribution in [1.82, 2.24) is 4.98 Å². The summed E-state index contributed by atoms with van der Waals surface area (Å²) in [6.45, 7) is 0. The van der Waals surface area contributed by atoms with Crippen LogP contribution in [0.3, 0.4) is 0 Å². The fourth-order valence-corrected chi connectivity index (χ4v) is 1.74. The van der Waals surface area contributed by atoms with Gasteiger partial charge in [0.25, 0.3) is 0 Å². The zero-order valence-electron chi connectivity index (χ0n) is 5.12. The highest BCUT2D eigenvalue weighted by atomic mass is 35.5. The summed E-state index contributed by atoms with van der Waals surface area (Å²) >= 11 is 8.84. The highest BCUT2D eigenvalue weighted by Gasteiger charge is 2.11. The van der Waals surface area contributed by atoms with Gasteiger partial charge in [0.15, 0.2) is 11.1 Å². The highest BCUT2D eigenvalue weighted by molar-refractivity contribution is 7.79. The lowest BCUT2D eigenvalue weighted by molar-refractivity contribution is 0.564. The van der Waals surface area contributed by atoms with Crippen LogP contribution in [0.15, 0.2) is 17.2 Å². The largest absolute Gasteiger partial charge is 0.302 e. The Kier molecular flexibility index (Phi) is 2.84. The third-order valence-corrected chi connectivity index (χ3v) is 2.58. The Hall–Kier alpha value is -0.160. The van der Waals surface area contributed by atoms with E-state index in [1.807, 2.05) is 0 Å². The molecule has 1 unspecified atom stereocenters. The predicted octanol–water partition coefficient (Wildman–Crippen LogP) is 1.97. The van der Waals surface area contributed by atoms with Gasteiger partial charge < -0.3 is 4.55 Å². The van der Waals surface area contributed by atoms with Crippen LogP contribution in [-0.4, -0.2) is 13.7 Å². The van der Waals surface area contributed by atoms with Gasteiger partial charge in [0.1, 0.15) is 10.0 Å². The van der Waals surface area contributed by atoms with E-state index in [1.54, 1.807) is 0 Å². The number of rotatable bonds is 1. The number of hydrogen-bond acceptors (Lipinski definition) is 2. The van der Waals surface area contributed by atoms with Crippen molar-refractivity contribution < 1.29 is 8.76 Å². The summed E-state index contributed by atoms with van der Waals surface area (Å²) in [5.74, 6) is 0. The number of hydrogen-bond donors (Lipinski definition) is 1. The maximum Gasteiger partial charge on any atom is 0.191 e. The second-order valence-corrected chi connectivity index (χ2v) is 3.33. The minimum atomic E-state index is -2.18. The first-order valence-corrected chi connectivity index (χ1v) is 4.40. The van der Waals surface area contributed by atoms with Crippen molar-refractivity contribution in [2.24, 2.45) is 0 Å². The van der Waals surface area contributed by atoms with Gasteiger partial charge in [0.05, 0.1) is 5.02 Å². The van der Waals surface area contributed by atoms with Crippen molar-refractivity contribution in [1.29, 1.82) is 0 Å². The van der Waals surface area contributed by atoms with Crippen LogP contribution in [0, 0.1) is 0 Å². The molecule has 1 aromatic heterocycles. The Morgan fingerprint density at radius 3 is 2.55 bits per heavy atom. The molecule has 3 nitrogen and oxygen atoms in total. The lowest BCUT2D eigenvalue weighted by atomic mass is 10.5. The van der Waals surface area contributed by atoms with E-state index in [1.165, 1.54) is 12.3 Å². The van der Waals surface area contributed by atoms with Crippen LogP contribution in [-0.2, 0) is 11.1 Å². The Labute approximate surface area is 75.6 Å². The van der Waals surface area contributed by atoms with E-state index in [2.05, 4.69) is 4.98 Å². The molecule has 0 aliphatic carbocycles. The van der Waals surface area contributed by atoms with E-state index in [0.717, 1.165) is 0 Å². The Bertz CT molecular complexity index is 284. The molecule has 0 aliphatic rings. The summed E-state index contributed by atoms with van der Waals surface area (Å²) in [5.41, 5.74) is 0. The second-order valence-electron chi connectivity index (χ2n) is 1.66. The maximum absolute atomic E-state index is 10.5. The molecule has 0 radical (unpaired) electrons. The zero-order chi connectivity index (χ0) is 8.43. The van der Waals surface area contributed by atoms with Crippen molar-refractivity contribution >= 4 is 34.3 Å². The van der Waals surface area contributed by atoms with Gasteiger partial charge in [-0.15, -0.1) is 0 Å². The first-order chi connectivity index (χ1) is 5.13.